The quantitative estimate of drug-likeness (QED) is 0.845. The topological polar surface area (TPSA) is 60.2 Å². The molecular formula is C15H16ClNO2S2. The first kappa shape index (κ1) is 16.4. The fourth-order valence-electron chi connectivity index (χ4n) is 1.78. The number of hydrogen-bond donors (Lipinski definition) is 1. The van der Waals surface area contributed by atoms with Gasteiger partial charge in [-0.3, -0.25) is 0 Å². The molecule has 0 saturated heterocycles. The van der Waals surface area contributed by atoms with E-state index in [1.165, 1.54) is 6.26 Å². The molecule has 0 atom stereocenters. The maximum absolute atomic E-state index is 11.4. The standard InChI is InChI=1S/C15H16ClNO2S2/c1-21(18,19)14-6-4-13(5-7-14)20-10-12-3-2-11(9-17)8-15(12)16/h2-8H,9-10,17H2,1H3. The SMILES string of the molecule is CS(=O)(=O)c1ccc(SCc2ccc(CN)cc2Cl)cc1. The average molecular weight is 342 g/mol. The van der Waals surface area contributed by atoms with Crippen LogP contribution in [0.1, 0.15) is 11.1 Å². The van der Waals surface area contributed by atoms with Crippen molar-refractivity contribution in [3.63, 3.8) is 0 Å². The third kappa shape index (κ3) is 4.48. The van der Waals surface area contributed by atoms with Gasteiger partial charge in [0.1, 0.15) is 0 Å². The zero-order valence-electron chi connectivity index (χ0n) is 11.5. The zero-order chi connectivity index (χ0) is 15.5. The lowest BCUT2D eigenvalue weighted by Gasteiger charge is -2.07. The molecule has 0 radical (unpaired) electrons. The van der Waals surface area contributed by atoms with Crippen molar-refractivity contribution in [1.82, 2.24) is 0 Å². The third-order valence-corrected chi connectivity index (χ3v) is 5.54. The number of hydrogen-bond acceptors (Lipinski definition) is 4. The van der Waals surface area contributed by atoms with Crippen LogP contribution in [0.25, 0.3) is 0 Å². The molecule has 2 N–H and O–H groups in total. The first-order valence-electron chi connectivity index (χ1n) is 6.30. The minimum atomic E-state index is -3.14. The molecule has 2 aromatic carbocycles. The van der Waals surface area contributed by atoms with E-state index < -0.39 is 9.84 Å². The molecule has 6 heteroatoms. The Morgan fingerprint density at radius 3 is 2.33 bits per heavy atom. The van der Waals surface area contributed by atoms with Crippen LogP contribution in [0.3, 0.4) is 0 Å². The van der Waals surface area contributed by atoms with E-state index in [2.05, 4.69) is 0 Å². The van der Waals surface area contributed by atoms with E-state index >= 15 is 0 Å². The Bertz CT molecular complexity index is 728. The van der Waals surface area contributed by atoms with Gasteiger partial charge in [0.15, 0.2) is 9.84 Å². The Hall–Kier alpha value is -1.01. The highest BCUT2D eigenvalue weighted by atomic mass is 35.5. The second-order valence-corrected chi connectivity index (χ2v) is 8.13. The Morgan fingerprint density at radius 2 is 1.81 bits per heavy atom. The summed E-state index contributed by atoms with van der Waals surface area (Å²) in [4.78, 5) is 1.33. The molecule has 0 aromatic heterocycles. The van der Waals surface area contributed by atoms with Crippen LogP contribution in [0.4, 0.5) is 0 Å². The van der Waals surface area contributed by atoms with Gasteiger partial charge < -0.3 is 5.73 Å². The number of sulfone groups is 1. The molecule has 0 spiro atoms. The van der Waals surface area contributed by atoms with Gasteiger partial charge >= 0.3 is 0 Å². The molecule has 2 rings (SSSR count). The number of halogens is 1. The maximum Gasteiger partial charge on any atom is 0.175 e. The van der Waals surface area contributed by atoms with Gasteiger partial charge in [0, 0.05) is 28.5 Å². The van der Waals surface area contributed by atoms with E-state index in [0.717, 1.165) is 21.8 Å². The fourth-order valence-corrected chi connectivity index (χ4v) is 3.66. The van der Waals surface area contributed by atoms with Gasteiger partial charge in [0.2, 0.25) is 0 Å². The van der Waals surface area contributed by atoms with Crippen molar-refractivity contribution in [2.24, 2.45) is 5.73 Å². The smallest absolute Gasteiger partial charge is 0.175 e. The minimum absolute atomic E-state index is 0.331. The van der Waals surface area contributed by atoms with Gasteiger partial charge in [-0.25, -0.2) is 8.42 Å². The van der Waals surface area contributed by atoms with E-state index in [1.807, 2.05) is 30.3 Å². The highest BCUT2D eigenvalue weighted by Crippen LogP contribution is 2.28. The van der Waals surface area contributed by atoms with Crippen LogP contribution in [0.2, 0.25) is 5.02 Å². The number of nitrogens with two attached hydrogens (primary N) is 1. The molecule has 0 unspecified atom stereocenters. The van der Waals surface area contributed by atoms with Gasteiger partial charge in [-0.15, -0.1) is 11.8 Å². The van der Waals surface area contributed by atoms with Crippen molar-refractivity contribution in [2.45, 2.75) is 22.1 Å². The molecule has 21 heavy (non-hydrogen) atoms. The van der Waals surface area contributed by atoms with Crippen LogP contribution < -0.4 is 5.73 Å². The van der Waals surface area contributed by atoms with Crippen LogP contribution in [0.5, 0.6) is 0 Å². The lowest BCUT2D eigenvalue weighted by molar-refractivity contribution is 0.602. The third-order valence-electron chi connectivity index (χ3n) is 3.00. The summed E-state index contributed by atoms with van der Waals surface area (Å²) in [6.45, 7) is 0.472. The number of thioether (sulfide) groups is 1. The molecule has 2 aromatic rings. The van der Waals surface area contributed by atoms with E-state index in [0.29, 0.717) is 16.5 Å². The molecule has 3 nitrogen and oxygen atoms in total. The minimum Gasteiger partial charge on any atom is -0.326 e. The molecule has 0 amide bonds. The van der Waals surface area contributed by atoms with Gasteiger partial charge in [-0.05, 0) is 41.5 Å². The molecule has 0 aliphatic heterocycles. The Morgan fingerprint density at radius 1 is 1.14 bits per heavy atom. The lowest BCUT2D eigenvalue weighted by Crippen LogP contribution is -1.97. The summed E-state index contributed by atoms with van der Waals surface area (Å²) in [6.07, 6.45) is 1.20. The van der Waals surface area contributed by atoms with E-state index in [4.69, 9.17) is 17.3 Å². The fraction of sp³-hybridized carbons (Fsp3) is 0.200. The first-order valence-corrected chi connectivity index (χ1v) is 9.56. The molecule has 0 aliphatic carbocycles. The Labute approximate surface area is 134 Å². The summed E-state index contributed by atoms with van der Waals surface area (Å²) in [5, 5.41) is 0.707. The summed E-state index contributed by atoms with van der Waals surface area (Å²) in [6, 6.07) is 12.7. The van der Waals surface area contributed by atoms with Gasteiger partial charge in [0.05, 0.1) is 4.90 Å². The van der Waals surface area contributed by atoms with Crippen LogP contribution in [-0.2, 0) is 22.1 Å². The predicted octanol–water partition coefficient (Wildman–Crippen LogP) is 3.49. The van der Waals surface area contributed by atoms with Crippen LogP contribution in [-0.4, -0.2) is 14.7 Å². The molecule has 0 fully saturated rings. The average Bonchev–Trinajstić information content (AvgIpc) is 2.45. The Balaban J connectivity index is 2.06. The van der Waals surface area contributed by atoms with Crippen molar-refractivity contribution >= 4 is 33.2 Å². The van der Waals surface area contributed by atoms with Crippen molar-refractivity contribution < 1.29 is 8.42 Å². The predicted molar refractivity (Wildman–Crippen MR) is 88.5 cm³/mol. The maximum atomic E-state index is 11.4. The summed E-state index contributed by atoms with van der Waals surface area (Å²) in [5.41, 5.74) is 7.61. The molecule has 0 saturated carbocycles. The van der Waals surface area contributed by atoms with E-state index in [-0.39, 0.29) is 0 Å². The molecule has 0 heterocycles. The largest absolute Gasteiger partial charge is 0.326 e. The lowest BCUT2D eigenvalue weighted by atomic mass is 10.1. The molecule has 112 valence electrons. The van der Waals surface area contributed by atoms with Crippen LogP contribution >= 0.6 is 23.4 Å². The van der Waals surface area contributed by atoms with Gasteiger partial charge in [0.25, 0.3) is 0 Å². The summed E-state index contributed by atoms with van der Waals surface area (Å²) in [7, 11) is -3.14. The Kier molecular flexibility index (Phi) is 5.32. The van der Waals surface area contributed by atoms with Gasteiger partial charge in [-0.1, -0.05) is 23.7 Å². The molecular weight excluding hydrogens is 326 g/mol. The van der Waals surface area contributed by atoms with Crippen molar-refractivity contribution in [3.05, 3.63) is 58.6 Å². The normalized spacial score (nSPS) is 11.6. The van der Waals surface area contributed by atoms with Gasteiger partial charge in [-0.2, -0.15) is 0 Å². The highest BCUT2D eigenvalue weighted by Gasteiger charge is 2.07. The van der Waals surface area contributed by atoms with Crippen LogP contribution in [0, 0.1) is 0 Å². The highest BCUT2D eigenvalue weighted by molar-refractivity contribution is 7.98. The molecule has 0 bridgehead atoms. The monoisotopic (exact) mass is 341 g/mol. The van der Waals surface area contributed by atoms with Crippen molar-refractivity contribution in [2.75, 3.05) is 6.26 Å². The van der Waals surface area contributed by atoms with E-state index in [9.17, 15) is 8.42 Å². The first-order chi connectivity index (χ1) is 9.90. The van der Waals surface area contributed by atoms with Crippen LogP contribution in [0.15, 0.2) is 52.3 Å². The van der Waals surface area contributed by atoms with Crippen molar-refractivity contribution in [3.8, 4) is 0 Å². The summed E-state index contributed by atoms with van der Waals surface area (Å²) < 4.78 is 22.8. The number of benzene rings is 2. The summed E-state index contributed by atoms with van der Waals surface area (Å²) >= 11 is 7.82. The second-order valence-electron chi connectivity index (χ2n) is 4.66. The second kappa shape index (κ2) is 6.83. The van der Waals surface area contributed by atoms with E-state index in [1.54, 1.807) is 23.9 Å². The molecule has 0 aliphatic rings. The summed E-state index contributed by atoms with van der Waals surface area (Å²) in [5.74, 6) is 0.724. The zero-order valence-corrected chi connectivity index (χ0v) is 13.9. The van der Waals surface area contributed by atoms with Crippen molar-refractivity contribution in [1.29, 1.82) is 0 Å². The number of rotatable bonds is 5.